The van der Waals surface area contributed by atoms with Crippen LogP contribution in [0.1, 0.15) is 57.9 Å². The molecule has 226 valence electrons. The molecular weight excluding hydrogens is 530 g/mol. The van der Waals surface area contributed by atoms with Gasteiger partial charge >= 0.3 is 5.97 Å². The van der Waals surface area contributed by atoms with Gasteiger partial charge in [0, 0.05) is 29.9 Å². The maximum Gasteiger partial charge on any atom is 0.326 e. The monoisotopic (exact) mass is 573 g/mol. The number of hydrogen-bond acceptors (Lipinski definition) is 7. The molecule has 0 bridgehead atoms. The Labute approximate surface area is 239 Å². The van der Waals surface area contributed by atoms with Gasteiger partial charge < -0.3 is 43.2 Å². The van der Waals surface area contributed by atoms with Crippen molar-refractivity contribution >= 4 is 40.5 Å². The van der Waals surface area contributed by atoms with Crippen LogP contribution in [-0.4, -0.2) is 70.4 Å². The summed E-state index contributed by atoms with van der Waals surface area (Å²) in [7, 11) is 0. The van der Waals surface area contributed by atoms with Crippen LogP contribution < -0.4 is 33.2 Å². The number of aromatic amines is 1. The minimum absolute atomic E-state index is 0.00674. The third kappa shape index (κ3) is 10.8. The number of nitrogens with two attached hydrogens (primary N) is 3. The predicted octanol–water partition coefficient (Wildman–Crippen LogP) is 0.0173. The summed E-state index contributed by atoms with van der Waals surface area (Å²) in [5.41, 5.74) is 18.1. The van der Waals surface area contributed by atoms with Gasteiger partial charge in [0.05, 0.1) is 6.04 Å². The average Bonchev–Trinajstić information content (AvgIpc) is 3.32. The first-order valence-corrected chi connectivity index (χ1v) is 13.9. The Morgan fingerprint density at radius 2 is 1.54 bits per heavy atom. The van der Waals surface area contributed by atoms with E-state index in [1.807, 2.05) is 38.1 Å². The number of para-hydroxylation sites is 1. The van der Waals surface area contributed by atoms with Gasteiger partial charge in [-0.05, 0) is 56.2 Å². The fraction of sp³-hybridized carbons (Fsp3) is 0.536. The first-order valence-electron chi connectivity index (χ1n) is 13.9. The van der Waals surface area contributed by atoms with Crippen molar-refractivity contribution in [2.75, 3.05) is 6.54 Å². The second-order valence-electron chi connectivity index (χ2n) is 10.6. The number of nitrogens with one attached hydrogen (secondary N) is 4. The quantitative estimate of drug-likeness (QED) is 0.113. The molecular formula is C28H43N7O6. The zero-order chi connectivity index (χ0) is 30.5. The fourth-order valence-electron chi connectivity index (χ4n) is 4.44. The summed E-state index contributed by atoms with van der Waals surface area (Å²) < 4.78 is 0. The maximum absolute atomic E-state index is 13.5. The van der Waals surface area contributed by atoms with E-state index >= 15 is 0 Å². The summed E-state index contributed by atoms with van der Waals surface area (Å²) >= 11 is 0. The topological polar surface area (TPSA) is 236 Å². The molecule has 13 heteroatoms. The molecule has 1 aromatic carbocycles. The number of rotatable bonds is 18. The molecule has 0 aliphatic carbocycles. The lowest BCUT2D eigenvalue weighted by Gasteiger charge is -2.26. The molecule has 2 aromatic rings. The molecule has 13 nitrogen and oxygen atoms in total. The summed E-state index contributed by atoms with van der Waals surface area (Å²) in [6, 6.07) is 3.07. The molecule has 4 unspecified atom stereocenters. The Hall–Kier alpha value is -3.97. The summed E-state index contributed by atoms with van der Waals surface area (Å²) in [4.78, 5) is 65.7. The third-order valence-corrected chi connectivity index (χ3v) is 6.67. The van der Waals surface area contributed by atoms with E-state index < -0.39 is 53.8 Å². The number of unbranched alkanes of at least 4 members (excludes halogenated alkanes) is 1. The minimum atomic E-state index is -1.19. The number of hydrogen-bond donors (Lipinski definition) is 8. The Balaban J connectivity index is 2.28. The van der Waals surface area contributed by atoms with Crippen LogP contribution in [0, 0.1) is 5.92 Å². The molecule has 0 spiro atoms. The molecule has 4 atom stereocenters. The molecule has 4 amide bonds. The van der Waals surface area contributed by atoms with Gasteiger partial charge in [0.1, 0.15) is 18.1 Å². The molecule has 0 radical (unpaired) electrons. The van der Waals surface area contributed by atoms with Crippen molar-refractivity contribution in [1.29, 1.82) is 0 Å². The van der Waals surface area contributed by atoms with E-state index in [4.69, 9.17) is 17.2 Å². The Kier molecular flexibility index (Phi) is 13.2. The van der Waals surface area contributed by atoms with Gasteiger partial charge in [-0.1, -0.05) is 32.0 Å². The first kappa shape index (κ1) is 33.2. The van der Waals surface area contributed by atoms with E-state index in [0.717, 1.165) is 16.5 Å². The number of carbonyl (C=O) groups is 5. The van der Waals surface area contributed by atoms with E-state index in [2.05, 4.69) is 20.9 Å². The van der Waals surface area contributed by atoms with Crippen molar-refractivity contribution in [2.24, 2.45) is 23.1 Å². The number of amides is 4. The van der Waals surface area contributed by atoms with Crippen LogP contribution in [0.5, 0.6) is 0 Å². The fourth-order valence-corrected chi connectivity index (χ4v) is 4.44. The van der Waals surface area contributed by atoms with E-state index in [0.29, 0.717) is 19.4 Å². The van der Waals surface area contributed by atoms with Gasteiger partial charge in [-0.2, -0.15) is 0 Å². The van der Waals surface area contributed by atoms with Crippen molar-refractivity contribution in [3.63, 3.8) is 0 Å². The number of carboxylic acid groups (broad SMARTS) is 1. The molecule has 0 saturated carbocycles. The predicted molar refractivity (Wildman–Crippen MR) is 154 cm³/mol. The van der Waals surface area contributed by atoms with Crippen LogP contribution in [0.15, 0.2) is 30.5 Å². The number of H-pyrrole nitrogens is 1. The number of aromatic nitrogens is 1. The molecule has 0 fully saturated rings. The van der Waals surface area contributed by atoms with Crippen LogP contribution in [-0.2, 0) is 30.4 Å². The standard InChI is InChI=1S/C28H43N7O6/c1-16(2)13-22(34-25(37)19(30)10-11-24(31)36)26(38)35-23(14-17-15-32-20-8-4-3-7-18(17)20)27(39)33-21(28(40)41)9-5-6-12-29/h3-4,7-8,15-16,19,21-23,32H,5-6,9-14,29-30H2,1-2H3,(H2,31,36)(H,33,39)(H,34,37)(H,35,38)(H,40,41). The highest BCUT2D eigenvalue weighted by molar-refractivity contribution is 5.95. The molecule has 1 heterocycles. The van der Waals surface area contributed by atoms with Crippen molar-refractivity contribution in [1.82, 2.24) is 20.9 Å². The van der Waals surface area contributed by atoms with Crippen molar-refractivity contribution in [3.8, 4) is 0 Å². The normalized spacial score (nSPS) is 14.2. The second kappa shape index (κ2) is 16.3. The largest absolute Gasteiger partial charge is 0.480 e. The zero-order valence-electron chi connectivity index (χ0n) is 23.7. The number of aliphatic carboxylic acids is 1. The zero-order valence-corrected chi connectivity index (χ0v) is 23.7. The van der Waals surface area contributed by atoms with Crippen LogP contribution in [0.3, 0.4) is 0 Å². The summed E-state index contributed by atoms with van der Waals surface area (Å²) in [5.74, 6) is -3.72. The second-order valence-corrected chi connectivity index (χ2v) is 10.6. The van der Waals surface area contributed by atoms with Crippen LogP contribution in [0.4, 0.5) is 0 Å². The smallest absolute Gasteiger partial charge is 0.326 e. The van der Waals surface area contributed by atoms with Crippen molar-refractivity contribution < 1.29 is 29.1 Å². The van der Waals surface area contributed by atoms with Gasteiger partial charge in [-0.15, -0.1) is 0 Å². The van der Waals surface area contributed by atoms with E-state index in [-0.39, 0.29) is 38.0 Å². The van der Waals surface area contributed by atoms with Gasteiger partial charge in [0.25, 0.3) is 0 Å². The summed E-state index contributed by atoms with van der Waals surface area (Å²) in [6.07, 6.45) is 3.27. The van der Waals surface area contributed by atoms with Crippen LogP contribution in [0.2, 0.25) is 0 Å². The van der Waals surface area contributed by atoms with Crippen LogP contribution >= 0.6 is 0 Å². The first-order chi connectivity index (χ1) is 19.4. The maximum atomic E-state index is 13.5. The molecule has 1 aromatic heterocycles. The van der Waals surface area contributed by atoms with Gasteiger partial charge in [0.2, 0.25) is 23.6 Å². The Bertz CT molecular complexity index is 1200. The van der Waals surface area contributed by atoms with E-state index in [1.165, 1.54) is 0 Å². The van der Waals surface area contributed by atoms with Crippen molar-refractivity contribution in [3.05, 3.63) is 36.0 Å². The minimum Gasteiger partial charge on any atom is -0.480 e. The number of fused-ring (bicyclic) bond motifs is 1. The molecule has 11 N–H and O–H groups in total. The molecule has 0 saturated heterocycles. The summed E-state index contributed by atoms with van der Waals surface area (Å²) in [5, 5.41) is 18.4. The highest BCUT2D eigenvalue weighted by Crippen LogP contribution is 2.19. The van der Waals surface area contributed by atoms with Gasteiger partial charge in [0.15, 0.2) is 0 Å². The third-order valence-electron chi connectivity index (χ3n) is 6.67. The van der Waals surface area contributed by atoms with Crippen molar-refractivity contribution in [2.45, 2.75) is 83.0 Å². The van der Waals surface area contributed by atoms with E-state index in [1.54, 1.807) is 6.20 Å². The lowest BCUT2D eigenvalue weighted by Crippen LogP contribution is -2.57. The molecule has 41 heavy (non-hydrogen) atoms. The van der Waals surface area contributed by atoms with Crippen LogP contribution in [0.25, 0.3) is 10.9 Å². The molecule has 0 aliphatic rings. The van der Waals surface area contributed by atoms with E-state index in [9.17, 15) is 29.1 Å². The Morgan fingerprint density at radius 3 is 2.17 bits per heavy atom. The lowest BCUT2D eigenvalue weighted by molar-refractivity contribution is -0.142. The Morgan fingerprint density at radius 1 is 0.902 bits per heavy atom. The highest BCUT2D eigenvalue weighted by Gasteiger charge is 2.31. The SMILES string of the molecule is CC(C)CC(NC(=O)C(N)CCC(N)=O)C(=O)NC(Cc1c[nH]c2ccccc12)C(=O)NC(CCCCN)C(=O)O. The lowest BCUT2D eigenvalue weighted by atomic mass is 10.00. The highest BCUT2D eigenvalue weighted by atomic mass is 16.4. The van der Waals surface area contributed by atoms with Gasteiger partial charge in [-0.25, -0.2) is 4.79 Å². The number of carboxylic acids is 1. The molecule has 0 aliphatic heterocycles. The number of carbonyl (C=O) groups excluding carboxylic acids is 4. The number of benzene rings is 1. The average molecular weight is 574 g/mol. The summed E-state index contributed by atoms with van der Waals surface area (Å²) in [6.45, 7) is 4.14. The van der Waals surface area contributed by atoms with Gasteiger partial charge in [-0.3, -0.25) is 19.2 Å². The molecule has 2 rings (SSSR count). The number of primary amides is 1.